The number of nitrogens with zero attached hydrogens (tertiary/aromatic N) is 4. The van der Waals surface area contributed by atoms with Crippen molar-refractivity contribution in [3.63, 3.8) is 0 Å². The minimum absolute atomic E-state index is 0.251. The first-order valence-electron chi connectivity index (χ1n) is 8.07. The lowest BCUT2D eigenvalue weighted by atomic mass is 10.2. The lowest BCUT2D eigenvalue weighted by molar-refractivity contribution is 0.585. The second kappa shape index (κ2) is 8.41. The van der Waals surface area contributed by atoms with Crippen molar-refractivity contribution in [2.45, 2.75) is 26.6 Å². The Morgan fingerprint density at radius 2 is 2.08 bits per heavy atom. The first-order valence-corrected chi connectivity index (χ1v) is 9.28. The van der Waals surface area contributed by atoms with Crippen LogP contribution in [0.2, 0.25) is 0 Å². The molecule has 6 nitrogen and oxygen atoms in total. The number of hydrogen-bond acceptors (Lipinski definition) is 3. The molecule has 0 atom stereocenters. The summed E-state index contributed by atoms with van der Waals surface area (Å²) in [5.41, 5.74) is 1.61. The Bertz CT molecular complexity index is 906. The molecule has 0 unspecified atom stereocenters. The minimum Gasteiger partial charge on any atom is -0.358 e. The molecule has 26 heavy (non-hydrogen) atoms. The van der Waals surface area contributed by atoms with E-state index in [1.54, 1.807) is 35.3 Å². The van der Waals surface area contributed by atoms with Gasteiger partial charge >= 0.3 is 0 Å². The molecule has 0 radical (unpaired) electrons. The second-order valence-electron chi connectivity index (χ2n) is 5.63. The SMILES string of the molecule is CCn1cc(CNC(=S)Nc2nn(Cc3ccccc3F)cc2Br)cn1. The molecule has 0 spiro atoms. The highest BCUT2D eigenvalue weighted by molar-refractivity contribution is 9.10. The molecule has 3 aromatic rings. The molecule has 0 aliphatic carbocycles. The minimum atomic E-state index is -0.251. The van der Waals surface area contributed by atoms with Gasteiger partial charge in [0.1, 0.15) is 5.82 Å². The average molecular weight is 437 g/mol. The van der Waals surface area contributed by atoms with Crippen LogP contribution in [0.5, 0.6) is 0 Å². The Morgan fingerprint density at radius 3 is 2.81 bits per heavy atom. The van der Waals surface area contributed by atoms with Crippen molar-refractivity contribution in [3.05, 3.63) is 64.3 Å². The van der Waals surface area contributed by atoms with E-state index in [-0.39, 0.29) is 5.82 Å². The third kappa shape index (κ3) is 4.67. The third-order valence-corrected chi connectivity index (χ3v) is 4.53. The Kier molecular flexibility index (Phi) is 6.00. The number of thiocarbonyl (C=S) groups is 1. The number of aryl methyl sites for hydroxylation is 1. The van der Waals surface area contributed by atoms with Crippen LogP contribution in [0.15, 0.2) is 47.3 Å². The van der Waals surface area contributed by atoms with E-state index in [1.807, 2.05) is 17.8 Å². The van der Waals surface area contributed by atoms with Gasteiger partial charge in [0.15, 0.2) is 10.9 Å². The van der Waals surface area contributed by atoms with Crippen molar-refractivity contribution in [2.75, 3.05) is 5.32 Å². The first-order chi connectivity index (χ1) is 12.5. The van der Waals surface area contributed by atoms with Gasteiger partial charge in [0.05, 0.1) is 17.2 Å². The van der Waals surface area contributed by atoms with Crippen LogP contribution in [0.4, 0.5) is 10.2 Å². The van der Waals surface area contributed by atoms with Gasteiger partial charge in [-0.3, -0.25) is 9.36 Å². The van der Waals surface area contributed by atoms with Crippen LogP contribution in [0.3, 0.4) is 0 Å². The Hall–Kier alpha value is -2.26. The predicted molar refractivity (Wildman–Crippen MR) is 106 cm³/mol. The van der Waals surface area contributed by atoms with Gasteiger partial charge in [-0.05, 0) is 41.1 Å². The maximum atomic E-state index is 13.8. The van der Waals surface area contributed by atoms with E-state index in [2.05, 4.69) is 36.8 Å². The summed E-state index contributed by atoms with van der Waals surface area (Å²) in [6.07, 6.45) is 5.55. The highest BCUT2D eigenvalue weighted by Gasteiger charge is 2.10. The molecule has 0 aliphatic rings. The second-order valence-corrected chi connectivity index (χ2v) is 6.89. The molecular formula is C17H18BrFN6S. The van der Waals surface area contributed by atoms with Crippen LogP contribution in [-0.2, 0) is 19.6 Å². The van der Waals surface area contributed by atoms with Gasteiger partial charge in [0.2, 0.25) is 0 Å². The fourth-order valence-corrected chi connectivity index (χ4v) is 2.95. The highest BCUT2D eigenvalue weighted by Crippen LogP contribution is 2.21. The van der Waals surface area contributed by atoms with Gasteiger partial charge in [0, 0.05) is 36.6 Å². The summed E-state index contributed by atoms with van der Waals surface area (Å²) in [4.78, 5) is 0. The number of aromatic nitrogens is 4. The fourth-order valence-electron chi connectivity index (χ4n) is 2.37. The summed E-state index contributed by atoms with van der Waals surface area (Å²) in [5, 5.41) is 15.2. The molecule has 3 rings (SSSR count). The number of rotatable bonds is 6. The van der Waals surface area contributed by atoms with E-state index in [0.717, 1.165) is 16.6 Å². The molecule has 0 fully saturated rings. The summed E-state index contributed by atoms with van der Waals surface area (Å²) in [5.74, 6) is 0.321. The lowest BCUT2D eigenvalue weighted by Gasteiger charge is -2.08. The zero-order valence-corrected chi connectivity index (χ0v) is 16.5. The molecule has 0 saturated heterocycles. The van der Waals surface area contributed by atoms with Crippen LogP contribution in [0, 0.1) is 5.82 Å². The standard InChI is InChI=1S/C17H18BrFN6S/c1-2-24-9-12(8-21-24)7-20-17(26)22-16-14(18)11-25(23-16)10-13-5-3-4-6-15(13)19/h3-6,8-9,11H,2,7,10H2,1H3,(H2,20,22,23,26). The molecule has 2 heterocycles. The van der Waals surface area contributed by atoms with E-state index in [0.29, 0.717) is 29.6 Å². The van der Waals surface area contributed by atoms with E-state index in [1.165, 1.54) is 6.07 Å². The van der Waals surface area contributed by atoms with E-state index < -0.39 is 0 Å². The van der Waals surface area contributed by atoms with Crippen molar-refractivity contribution in [1.82, 2.24) is 24.9 Å². The van der Waals surface area contributed by atoms with Gasteiger partial charge in [-0.2, -0.15) is 10.2 Å². The number of benzene rings is 1. The Balaban J connectivity index is 1.58. The third-order valence-electron chi connectivity index (χ3n) is 3.70. The highest BCUT2D eigenvalue weighted by atomic mass is 79.9. The number of nitrogens with one attached hydrogen (secondary N) is 2. The topological polar surface area (TPSA) is 59.7 Å². The predicted octanol–water partition coefficient (Wildman–Crippen LogP) is 3.54. The van der Waals surface area contributed by atoms with Gasteiger partial charge in [-0.1, -0.05) is 18.2 Å². The molecule has 0 aliphatic heterocycles. The monoisotopic (exact) mass is 436 g/mol. The molecule has 9 heteroatoms. The summed E-state index contributed by atoms with van der Waals surface area (Å²) in [6, 6.07) is 6.64. The first kappa shape index (κ1) is 18.5. The summed E-state index contributed by atoms with van der Waals surface area (Å²) in [6.45, 7) is 3.77. The smallest absolute Gasteiger partial charge is 0.172 e. The molecule has 1 aromatic carbocycles. The normalized spacial score (nSPS) is 10.7. The molecule has 136 valence electrons. The van der Waals surface area contributed by atoms with Crippen LogP contribution >= 0.6 is 28.1 Å². The largest absolute Gasteiger partial charge is 0.358 e. The molecule has 2 aromatic heterocycles. The maximum absolute atomic E-state index is 13.8. The van der Waals surface area contributed by atoms with Crippen LogP contribution < -0.4 is 10.6 Å². The molecular weight excluding hydrogens is 419 g/mol. The summed E-state index contributed by atoms with van der Waals surface area (Å²) >= 11 is 8.76. The fraction of sp³-hybridized carbons (Fsp3) is 0.235. The van der Waals surface area contributed by atoms with Crippen LogP contribution in [0.1, 0.15) is 18.1 Å². The van der Waals surface area contributed by atoms with Crippen molar-refractivity contribution in [2.24, 2.45) is 0 Å². The van der Waals surface area contributed by atoms with Gasteiger partial charge in [-0.15, -0.1) is 0 Å². The molecule has 2 N–H and O–H groups in total. The number of hydrogen-bond donors (Lipinski definition) is 2. The quantitative estimate of drug-likeness (QED) is 0.578. The molecule has 0 saturated carbocycles. The Labute approximate surface area is 164 Å². The maximum Gasteiger partial charge on any atom is 0.172 e. The number of anilines is 1. The number of halogens is 2. The van der Waals surface area contributed by atoms with Crippen molar-refractivity contribution in [1.29, 1.82) is 0 Å². The van der Waals surface area contributed by atoms with E-state index in [9.17, 15) is 4.39 Å². The lowest BCUT2D eigenvalue weighted by Crippen LogP contribution is -2.28. The zero-order valence-electron chi connectivity index (χ0n) is 14.1. The molecule has 0 amide bonds. The van der Waals surface area contributed by atoms with Crippen molar-refractivity contribution < 1.29 is 4.39 Å². The van der Waals surface area contributed by atoms with Crippen LogP contribution in [-0.4, -0.2) is 24.7 Å². The van der Waals surface area contributed by atoms with Gasteiger partial charge in [0.25, 0.3) is 0 Å². The van der Waals surface area contributed by atoms with E-state index >= 15 is 0 Å². The van der Waals surface area contributed by atoms with Crippen molar-refractivity contribution >= 4 is 39.1 Å². The zero-order chi connectivity index (χ0) is 18.5. The molecule has 0 bridgehead atoms. The van der Waals surface area contributed by atoms with Crippen LogP contribution in [0.25, 0.3) is 0 Å². The van der Waals surface area contributed by atoms with Crippen molar-refractivity contribution in [3.8, 4) is 0 Å². The van der Waals surface area contributed by atoms with Gasteiger partial charge in [-0.25, -0.2) is 4.39 Å². The average Bonchev–Trinajstić information content (AvgIpc) is 3.22. The summed E-state index contributed by atoms with van der Waals surface area (Å²) in [7, 11) is 0. The Morgan fingerprint density at radius 1 is 1.27 bits per heavy atom. The van der Waals surface area contributed by atoms with E-state index in [4.69, 9.17) is 12.2 Å². The van der Waals surface area contributed by atoms with Gasteiger partial charge < -0.3 is 10.6 Å². The summed E-state index contributed by atoms with van der Waals surface area (Å²) < 4.78 is 18.0.